The summed E-state index contributed by atoms with van der Waals surface area (Å²) in [6.07, 6.45) is 0.585. The first-order chi connectivity index (χ1) is 8.37. The predicted octanol–water partition coefficient (Wildman–Crippen LogP) is 1.51. The molecular formula is C12H19NO3S2. The number of anilines is 1. The van der Waals surface area contributed by atoms with Crippen LogP contribution >= 0.6 is 0 Å². The minimum atomic E-state index is -3.09. The van der Waals surface area contributed by atoms with Gasteiger partial charge in [0.15, 0.2) is 9.84 Å². The lowest BCUT2D eigenvalue weighted by Crippen LogP contribution is -2.17. The van der Waals surface area contributed by atoms with Gasteiger partial charge in [-0.2, -0.15) is 0 Å². The zero-order valence-corrected chi connectivity index (χ0v) is 12.3. The van der Waals surface area contributed by atoms with Crippen LogP contribution in [-0.2, 0) is 20.6 Å². The van der Waals surface area contributed by atoms with Crippen LogP contribution in [0.25, 0.3) is 0 Å². The number of nitrogen functional groups attached to an aromatic ring is 1. The van der Waals surface area contributed by atoms with Crippen LogP contribution < -0.4 is 5.73 Å². The molecule has 4 nitrogen and oxygen atoms in total. The Morgan fingerprint density at radius 3 is 2.56 bits per heavy atom. The summed E-state index contributed by atoms with van der Waals surface area (Å²) in [6.45, 7) is 3.65. The van der Waals surface area contributed by atoms with Gasteiger partial charge in [0, 0.05) is 11.5 Å². The number of sulfone groups is 1. The molecule has 0 aliphatic rings. The molecule has 0 aliphatic carbocycles. The SMILES string of the molecule is CCCS(=O)(=O)CCS(=O)c1cccc(C)c1N. The summed E-state index contributed by atoms with van der Waals surface area (Å²) in [5.74, 6) is 0.199. The predicted molar refractivity (Wildman–Crippen MR) is 75.8 cm³/mol. The van der Waals surface area contributed by atoms with Crippen molar-refractivity contribution >= 4 is 26.3 Å². The summed E-state index contributed by atoms with van der Waals surface area (Å²) in [4.78, 5) is 0.529. The van der Waals surface area contributed by atoms with Gasteiger partial charge in [-0.25, -0.2) is 8.42 Å². The Balaban J connectivity index is 2.75. The first-order valence-electron chi connectivity index (χ1n) is 5.81. The van der Waals surface area contributed by atoms with Gasteiger partial charge in [-0.1, -0.05) is 19.1 Å². The monoisotopic (exact) mass is 289 g/mol. The zero-order chi connectivity index (χ0) is 13.8. The molecule has 0 aromatic heterocycles. The topological polar surface area (TPSA) is 77.2 Å². The standard InChI is InChI=1S/C12H19NO3S2/c1-3-8-18(15,16)9-7-17(14)11-6-4-5-10(2)12(11)13/h4-6H,3,7-9,13H2,1-2H3. The molecule has 6 heteroatoms. The normalized spacial score (nSPS) is 13.4. The van der Waals surface area contributed by atoms with Gasteiger partial charge in [0.25, 0.3) is 0 Å². The van der Waals surface area contributed by atoms with Gasteiger partial charge in [0.05, 0.1) is 27.1 Å². The first-order valence-corrected chi connectivity index (χ1v) is 8.95. The molecule has 0 aliphatic heterocycles. The van der Waals surface area contributed by atoms with Crippen molar-refractivity contribution in [3.63, 3.8) is 0 Å². The fraction of sp³-hybridized carbons (Fsp3) is 0.500. The Hall–Kier alpha value is -0.880. The van der Waals surface area contributed by atoms with Crippen molar-refractivity contribution in [3.8, 4) is 0 Å². The minimum Gasteiger partial charge on any atom is -0.398 e. The van der Waals surface area contributed by atoms with Crippen LogP contribution in [0, 0.1) is 6.92 Å². The molecule has 2 N–H and O–H groups in total. The smallest absolute Gasteiger partial charge is 0.151 e. The molecule has 0 spiro atoms. The molecule has 0 fully saturated rings. The number of hydrogen-bond donors (Lipinski definition) is 1. The van der Waals surface area contributed by atoms with Gasteiger partial charge in [0.1, 0.15) is 0 Å². The Bertz CT molecular complexity index is 538. The number of rotatable bonds is 6. The molecule has 0 bridgehead atoms. The van der Waals surface area contributed by atoms with Crippen molar-refractivity contribution in [2.24, 2.45) is 0 Å². The molecule has 18 heavy (non-hydrogen) atoms. The molecule has 0 saturated carbocycles. The second kappa shape index (κ2) is 6.33. The van der Waals surface area contributed by atoms with Crippen LogP contribution in [0.3, 0.4) is 0 Å². The summed E-state index contributed by atoms with van der Waals surface area (Å²) in [7, 11) is -4.45. The zero-order valence-electron chi connectivity index (χ0n) is 10.7. The van der Waals surface area contributed by atoms with Gasteiger partial charge >= 0.3 is 0 Å². The molecule has 1 atom stereocenters. The van der Waals surface area contributed by atoms with Crippen LogP contribution in [0.15, 0.2) is 23.1 Å². The average Bonchev–Trinajstić information content (AvgIpc) is 2.30. The fourth-order valence-electron chi connectivity index (χ4n) is 1.58. The third kappa shape index (κ3) is 4.10. The van der Waals surface area contributed by atoms with Crippen molar-refractivity contribution < 1.29 is 12.6 Å². The van der Waals surface area contributed by atoms with Gasteiger partial charge in [-0.15, -0.1) is 0 Å². The van der Waals surface area contributed by atoms with Gasteiger partial charge < -0.3 is 5.73 Å². The summed E-state index contributed by atoms with van der Waals surface area (Å²) in [5.41, 5.74) is 7.19. The highest BCUT2D eigenvalue weighted by Gasteiger charge is 2.14. The summed E-state index contributed by atoms with van der Waals surface area (Å²) >= 11 is 0. The molecule has 1 unspecified atom stereocenters. The van der Waals surface area contributed by atoms with Crippen LogP contribution in [0.1, 0.15) is 18.9 Å². The van der Waals surface area contributed by atoms with E-state index in [0.717, 1.165) is 5.56 Å². The summed E-state index contributed by atoms with van der Waals surface area (Å²) in [6, 6.07) is 5.30. The third-order valence-electron chi connectivity index (χ3n) is 2.62. The lowest BCUT2D eigenvalue weighted by atomic mass is 10.2. The van der Waals surface area contributed by atoms with Crippen molar-refractivity contribution in [2.45, 2.75) is 25.2 Å². The Labute approximate surface area is 111 Å². The van der Waals surface area contributed by atoms with E-state index in [1.54, 1.807) is 12.1 Å². The van der Waals surface area contributed by atoms with Crippen molar-refractivity contribution in [1.29, 1.82) is 0 Å². The lowest BCUT2D eigenvalue weighted by Gasteiger charge is -2.08. The van der Waals surface area contributed by atoms with E-state index < -0.39 is 20.6 Å². The van der Waals surface area contributed by atoms with E-state index in [-0.39, 0.29) is 17.3 Å². The highest BCUT2D eigenvalue weighted by atomic mass is 32.2. The maximum atomic E-state index is 12.0. The minimum absolute atomic E-state index is 0.0547. The summed E-state index contributed by atoms with van der Waals surface area (Å²) < 4.78 is 35.1. The molecule has 0 amide bonds. The molecule has 0 saturated heterocycles. The molecule has 0 heterocycles. The number of para-hydroxylation sites is 1. The summed E-state index contributed by atoms with van der Waals surface area (Å²) in [5, 5.41) is 0. The molecular weight excluding hydrogens is 270 g/mol. The van der Waals surface area contributed by atoms with E-state index in [1.807, 2.05) is 19.9 Å². The highest BCUT2D eigenvalue weighted by Crippen LogP contribution is 2.20. The van der Waals surface area contributed by atoms with E-state index in [1.165, 1.54) is 0 Å². The Morgan fingerprint density at radius 1 is 1.28 bits per heavy atom. The van der Waals surface area contributed by atoms with E-state index in [0.29, 0.717) is 17.0 Å². The Kier molecular flexibility index (Phi) is 5.34. The molecule has 1 aromatic carbocycles. The second-order valence-electron chi connectivity index (χ2n) is 4.19. The number of hydrogen-bond acceptors (Lipinski definition) is 4. The second-order valence-corrected chi connectivity index (χ2v) is 8.03. The van der Waals surface area contributed by atoms with Crippen LogP contribution in [0.2, 0.25) is 0 Å². The van der Waals surface area contributed by atoms with Gasteiger partial charge in [0.2, 0.25) is 0 Å². The van der Waals surface area contributed by atoms with Crippen molar-refractivity contribution in [3.05, 3.63) is 23.8 Å². The number of benzene rings is 1. The molecule has 0 radical (unpaired) electrons. The van der Waals surface area contributed by atoms with Gasteiger partial charge in [-0.05, 0) is 25.0 Å². The maximum absolute atomic E-state index is 12.0. The average molecular weight is 289 g/mol. The highest BCUT2D eigenvalue weighted by molar-refractivity contribution is 7.93. The number of aryl methyl sites for hydroxylation is 1. The quantitative estimate of drug-likeness (QED) is 0.805. The van der Waals surface area contributed by atoms with E-state index in [2.05, 4.69) is 0 Å². The maximum Gasteiger partial charge on any atom is 0.151 e. The number of nitrogens with two attached hydrogens (primary N) is 1. The van der Waals surface area contributed by atoms with Gasteiger partial charge in [-0.3, -0.25) is 4.21 Å². The van der Waals surface area contributed by atoms with E-state index in [9.17, 15) is 12.6 Å². The largest absolute Gasteiger partial charge is 0.398 e. The third-order valence-corrected chi connectivity index (χ3v) is 6.16. The van der Waals surface area contributed by atoms with Crippen LogP contribution in [0.4, 0.5) is 5.69 Å². The fourth-order valence-corrected chi connectivity index (χ4v) is 4.88. The van der Waals surface area contributed by atoms with Crippen LogP contribution in [0.5, 0.6) is 0 Å². The Morgan fingerprint density at radius 2 is 1.94 bits per heavy atom. The van der Waals surface area contributed by atoms with E-state index in [4.69, 9.17) is 5.73 Å². The van der Waals surface area contributed by atoms with E-state index >= 15 is 0 Å². The molecule has 102 valence electrons. The molecule has 1 aromatic rings. The van der Waals surface area contributed by atoms with Crippen molar-refractivity contribution in [2.75, 3.05) is 23.0 Å². The molecule has 1 rings (SSSR count). The van der Waals surface area contributed by atoms with Crippen LogP contribution in [-0.4, -0.2) is 29.9 Å². The lowest BCUT2D eigenvalue weighted by molar-refractivity contribution is 0.595. The van der Waals surface area contributed by atoms with Crippen molar-refractivity contribution in [1.82, 2.24) is 0 Å². The first kappa shape index (κ1) is 15.2.